The maximum atomic E-state index is 13.8. The summed E-state index contributed by atoms with van der Waals surface area (Å²) >= 11 is 7.25. The molecule has 232 valence electrons. The first kappa shape index (κ1) is 33.0. The van der Waals surface area contributed by atoms with Gasteiger partial charge in [0.2, 0.25) is 5.91 Å². The number of aromatic nitrogens is 1. The number of carbonyl (C=O) groups is 2. The molecule has 1 aromatic heterocycles. The van der Waals surface area contributed by atoms with Crippen molar-refractivity contribution in [3.05, 3.63) is 82.0 Å². The normalized spacial score (nSPS) is 10.4. The van der Waals surface area contributed by atoms with Crippen LogP contribution in [0.25, 0.3) is 11.1 Å². The van der Waals surface area contributed by atoms with Crippen molar-refractivity contribution in [2.24, 2.45) is 0 Å². The van der Waals surface area contributed by atoms with E-state index in [-0.39, 0.29) is 27.8 Å². The zero-order valence-electron chi connectivity index (χ0n) is 25.5. The minimum Gasteiger partial charge on any atom is -0.495 e. The van der Waals surface area contributed by atoms with E-state index in [1.807, 2.05) is 25.1 Å². The number of thioether (sulfide) groups is 1. The van der Waals surface area contributed by atoms with Crippen LogP contribution in [0.3, 0.4) is 0 Å². The molecular weight excluding hydrogens is 616 g/mol. The van der Waals surface area contributed by atoms with Crippen molar-refractivity contribution in [2.45, 2.75) is 18.9 Å². The molecular formula is C33H31ClN4O6S. The molecule has 0 saturated heterocycles. The average Bonchev–Trinajstić information content (AvgIpc) is 3.04. The summed E-state index contributed by atoms with van der Waals surface area (Å²) < 4.78 is 21.5. The van der Waals surface area contributed by atoms with Crippen molar-refractivity contribution in [1.29, 1.82) is 5.26 Å². The average molecular weight is 647 g/mol. The van der Waals surface area contributed by atoms with Crippen LogP contribution in [0.4, 0.5) is 11.4 Å². The second-order valence-electron chi connectivity index (χ2n) is 9.60. The molecule has 0 unspecified atom stereocenters. The molecule has 4 aromatic rings. The van der Waals surface area contributed by atoms with Crippen molar-refractivity contribution in [3.63, 3.8) is 0 Å². The molecule has 0 radical (unpaired) electrons. The van der Waals surface area contributed by atoms with Crippen molar-refractivity contribution in [1.82, 2.24) is 4.98 Å². The molecule has 0 fully saturated rings. The van der Waals surface area contributed by atoms with Gasteiger partial charge in [-0.2, -0.15) is 5.26 Å². The molecule has 4 rings (SSSR count). The molecule has 3 aromatic carbocycles. The number of nitriles is 1. The Morgan fingerprint density at radius 1 is 0.867 bits per heavy atom. The molecule has 0 aliphatic carbocycles. The predicted octanol–water partition coefficient (Wildman–Crippen LogP) is 6.91. The van der Waals surface area contributed by atoms with Gasteiger partial charge in [-0.3, -0.25) is 9.59 Å². The van der Waals surface area contributed by atoms with E-state index in [1.165, 1.54) is 34.5 Å². The molecule has 0 bridgehead atoms. The molecule has 1 heterocycles. The van der Waals surface area contributed by atoms with E-state index in [0.717, 1.165) is 17.3 Å². The first-order valence-corrected chi connectivity index (χ1v) is 14.9. The Labute approximate surface area is 270 Å². The Hall–Kier alpha value is -4.92. The second kappa shape index (κ2) is 14.7. The van der Waals surface area contributed by atoms with Crippen LogP contribution >= 0.6 is 23.4 Å². The predicted molar refractivity (Wildman–Crippen MR) is 175 cm³/mol. The van der Waals surface area contributed by atoms with Gasteiger partial charge in [0.15, 0.2) is 11.5 Å². The van der Waals surface area contributed by atoms with Crippen molar-refractivity contribution < 1.29 is 28.5 Å². The van der Waals surface area contributed by atoms with Gasteiger partial charge in [-0.05, 0) is 43.2 Å². The van der Waals surface area contributed by atoms with Crippen LogP contribution in [0.5, 0.6) is 23.0 Å². The fourth-order valence-electron chi connectivity index (χ4n) is 4.62. The number of para-hydroxylation sites is 1. The topological polar surface area (TPSA) is 132 Å². The molecule has 0 spiro atoms. The zero-order chi connectivity index (χ0) is 32.7. The molecule has 0 aliphatic rings. The molecule has 12 heteroatoms. The summed E-state index contributed by atoms with van der Waals surface area (Å²) in [4.78, 5) is 31.5. The number of hydrogen-bond donors (Lipinski definition) is 2. The molecule has 0 saturated carbocycles. The summed E-state index contributed by atoms with van der Waals surface area (Å²) in [7, 11) is 5.95. The summed E-state index contributed by atoms with van der Waals surface area (Å²) in [5, 5.41) is 16.8. The summed E-state index contributed by atoms with van der Waals surface area (Å²) in [5.41, 5.74) is 3.47. The van der Waals surface area contributed by atoms with Crippen LogP contribution in [0, 0.1) is 25.2 Å². The molecule has 0 aliphatic heterocycles. The smallest absolute Gasteiger partial charge is 0.258 e. The SMILES string of the molecule is COc1cc(NC(=O)CSc2nc(C)c(C(=O)Nc3ccccc3C)c(-c3ccc(OC)c(OC)c3)c2C#N)c(OC)cc1Cl. The van der Waals surface area contributed by atoms with E-state index in [1.54, 1.807) is 37.3 Å². The molecule has 45 heavy (non-hydrogen) atoms. The number of ether oxygens (including phenoxy) is 4. The van der Waals surface area contributed by atoms with Gasteiger partial charge in [0.25, 0.3) is 5.91 Å². The van der Waals surface area contributed by atoms with Crippen LogP contribution in [0.2, 0.25) is 5.02 Å². The number of benzene rings is 3. The zero-order valence-corrected chi connectivity index (χ0v) is 27.1. The fourth-order valence-corrected chi connectivity index (χ4v) is 5.68. The third-order valence-electron chi connectivity index (χ3n) is 6.84. The van der Waals surface area contributed by atoms with Crippen LogP contribution in [-0.2, 0) is 4.79 Å². The van der Waals surface area contributed by atoms with E-state index in [4.69, 9.17) is 30.5 Å². The lowest BCUT2D eigenvalue weighted by molar-refractivity contribution is -0.113. The lowest BCUT2D eigenvalue weighted by atomic mass is 9.94. The number of nitrogens with one attached hydrogen (secondary N) is 2. The van der Waals surface area contributed by atoms with Gasteiger partial charge in [-0.15, -0.1) is 0 Å². The van der Waals surface area contributed by atoms with E-state index in [9.17, 15) is 14.9 Å². The van der Waals surface area contributed by atoms with Gasteiger partial charge in [0.1, 0.15) is 22.6 Å². The van der Waals surface area contributed by atoms with E-state index < -0.39 is 5.91 Å². The van der Waals surface area contributed by atoms with Crippen LogP contribution in [0.15, 0.2) is 59.6 Å². The number of carbonyl (C=O) groups excluding carboxylic acids is 2. The molecule has 0 atom stereocenters. The monoisotopic (exact) mass is 646 g/mol. The van der Waals surface area contributed by atoms with Crippen LogP contribution in [-0.4, -0.2) is 51.0 Å². The Kier molecular flexibility index (Phi) is 10.8. The standard InChI is InChI=1S/C33H31ClN4O6S/c1-18-9-7-8-10-23(18)38-32(40)30-19(2)36-33(21(16-35)31(30)20-11-12-25(41-3)28(13-20)44-6)45-17-29(39)37-24-15-26(42-4)22(34)14-27(24)43-5/h7-15H,17H2,1-6H3,(H,37,39)(H,38,40). The molecule has 10 nitrogen and oxygen atoms in total. The van der Waals surface area contributed by atoms with E-state index in [0.29, 0.717) is 56.2 Å². The number of methoxy groups -OCH3 is 4. The van der Waals surface area contributed by atoms with Crippen molar-refractivity contribution >= 4 is 46.6 Å². The number of hydrogen-bond acceptors (Lipinski definition) is 9. The Bertz CT molecular complexity index is 1810. The van der Waals surface area contributed by atoms with Gasteiger partial charge < -0.3 is 29.6 Å². The molecule has 2 N–H and O–H groups in total. The van der Waals surface area contributed by atoms with Gasteiger partial charge in [-0.25, -0.2) is 4.98 Å². The highest BCUT2D eigenvalue weighted by Gasteiger charge is 2.26. The first-order chi connectivity index (χ1) is 21.6. The Morgan fingerprint density at radius 3 is 2.20 bits per heavy atom. The number of halogens is 1. The second-order valence-corrected chi connectivity index (χ2v) is 11.0. The van der Waals surface area contributed by atoms with E-state index in [2.05, 4.69) is 21.7 Å². The highest BCUT2D eigenvalue weighted by molar-refractivity contribution is 8.00. The van der Waals surface area contributed by atoms with E-state index >= 15 is 0 Å². The lowest BCUT2D eigenvalue weighted by Crippen LogP contribution is -2.18. The van der Waals surface area contributed by atoms with Crippen molar-refractivity contribution in [2.75, 3.05) is 44.8 Å². The van der Waals surface area contributed by atoms with Gasteiger partial charge in [0, 0.05) is 23.4 Å². The maximum absolute atomic E-state index is 13.8. The Morgan fingerprint density at radius 2 is 1.56 bits per heavy atom. The van der Waals surface area contributed by atoms with Gasteiger partial charge in [0.05, 0.1) is 61.7 Å². The number of nitrogens with zero attached hydrogens (tertiary/aromatic N) is 2. The van der Waals surface area contributed by atoms with Crippen LogP contribution < -0.4 is 29.6 Å². The van der Waals surface area contributed by atoms with Gasteiger partial charge in [-0.1, -0.05) is 47.6 Å². The summed E-state index contributed by atoms with van der Waals surface area (Å²) in [6.07, 6.45) is 0. The summed E-state index contributed by atoms with van der Waals surface area (Å²) in [6.45, 7) is 3.57. The third kappa shape index (κ3) is 7.25. The lowest BCUT2D eigenvalue weighted by Gasteiger charge is -2.18. The molecule has 2 amide bonds. The fraction of sp³-hybridized carbons (Fsp3) is 0.212. The number of aryl methyl sites for hydroxylation is 2. The number of anilines is 2. The van der Waals surface area contributed by atoms with Crippen LogP contribution in [0.1, 0.15) is 27.2 Å². The highest BCUT2D eigenvalue weighted by Crippen LogP contribution is 2.40. The number of amides is 2. The number of rotatable bonds is 11. The minimum atomic E-state index is -0.436. The highest BCUT2D eigenvalue weighted by atomic mass is 35.5. The summed E-state index contributed by atoms with van der Waals surface area (Å²) in [5.74, 6) is 0.689. The third-order valence-corrected chi connectivity index (χ3v) is 8.11. The van der Waals surface area contributed by atoms with Gasteiger partial charge >= 0.3 is 0 Å². The van der Waals surface area contributed by atoms with Crippen molar-refractivity contribution in [3.8, 4) is 40.2 Å². The minimum absolute atomic E-state index is 0.102. The maximum Gasteiger partial charge on any atom is 0.258 e. The largest absolute Gasteiger partial charge is 0.495 e. The summed E-state index contributed by atoms with van der Waals surface area (Å²) in [6, 6.07) is 17.8. The first-order valence-electron chi connectivity index (χ1n) is 13.5. The number of pyridine rings is 1. The Balaban J connectivity index is 1.76. The quantitative estimate of drug-likeness (QED) is 0.167.